The molecule has 1 rings (SSSR count). The number of rotatable bonds is 0. The number of nitrogens with zero attached hydrogens (tertiary/aromatic N) is 3. The minimum atomic E-state index is 0.513. The Bertz CT molecular complexity index is 138. The second-order valence-electron chi connectivity index (χ2n) is 0.850. The van der Waals surface area contributed by atoms with Crippen LogP contribution in [-0.2, 0) is 0 Å². The van der Waals surface area contributed by atoms with E-state index < -0.39 is 0 Å². The maximum absolute atomic E-state index is 3.72. The summed E-state index contributed by atoms with van der Waals surface area (Å²) in [5.41, 5.74) is 3.52. The van der Waals surface area contributed by atoms with Crippen LogP contribution < -0.4 is 5.43 Å². The van der Waals surface area contributed by atoms with Crippen molar-refractivity contribution in [2.75, 3.05) is 0 Å². The van der Waals surface area contributed by atoms with Crippen LogP contribution in [0.15, 0.2) is 10.1 Å². The fourth-order valence-electron chi connectivity index (χ4n) is 0.203. The SMILES string of the molecule is BrC1=NC(Br)=N[N]1. The average molecular weight is 226 g/mol. The van der Waals surface area contributed by atoms with Gasteiger partial charge in [-0.3, -0.25) is 0 Å². The quantitative estimate of drug-likeness (QED) is 0.553. The maximum Gasteiger partial charge on any atom is 0.220 e. The molecular weight excluding hydrogens is 226 g/mol. The average Bonchev–Trinajstić information content (AvgIpc) is 1.87. The molecular formula is C2Br2N3. The summed E-state index contributed by atoms with van der Waals surface area (Å²) < 4.78 is 1.03. The Morgan fingerprint density at radius 2 is 1.86 bits per heavy atom. The fraction of sp³-hybridized carbons (Fsp3) is 0. The maximum atomic E-state index is 3.72. The first-order valence-corrected chi connectivity index (χ1v) is 3.06. The second kappa shape index (κ2) is 1.92. The third kappa shape index (κ3) is 1.24. The molecule has 0 bridgehead atoms. The van der Waals surface area contributed by atoms with Gasteiger partial charge >= 0.3 is 0 Å². The van der Waals surface area contributed by atoms with Crippen LogP contribution in [0.2, 0.25) is 0 Å². The minimum Gasteiger partial charge on any atom is -0.193 e. The van der Waals surface area contributed by atoms with Crippen molar-refractivity contribution < 1.29 is 0 Å². The molecule has 3 nitrogen and oxygen atoms in total. The highest BCUT2D eigenvalue weighted by Gasteiger charge is 2.02. The molecule has 1 aliphatic rings. The van der Waals surface area contributed by atoms with E-state index in [1.165, 1.54) is 0 Å². The number of hydrogen-bond acceptors (Lipinski definition) is 2. The molecule has 0 atom stereocenters. The molecule has 0 saturated carbocycles. The van der Waals surface area contributed by atoms with E-state index in [1.807, 2.05) is 0 Å². The molecule has 0 aromatic heterocycles. The number of hydrogen-bond donors (Lipinski definition) is 0. The smallest absolute Gasteiger partial charge is 0.193 e. The summed E-state index contributed by atoms with van der Waals surface area (Å²) in [7, 11) is 0. The Balaban J connectivity index is 2.69. The Morgan fingerprint density at radius 1 is 1.14 bits per heavy atom. The van der Waals surface area contributed by atoms with Gasteiger partial charge in [0.25, 0.3) is 0 Å². The summed E-state index contributed by atoms with van der Waals surface area (Å²) in [6.07, 6.45) is 0. The second-order valence-corrected chi connectivity index (χ2v) is 2.27. The summed E-state index contributed by atoms with van der Waals surface area (Å²) >= 11 is 6.03. The van der Waals surface area contributed by atoms with Gasteiger partial charge in [0.05, 0.1) is 0 Å². The van der Waals surface area contributed by atoms with Crippen LogP contribution in [0, 0.1) is 0 Å². The first kappa shape index (κ1) is 5.24. The first-order chi connectivity index (χ1) is 3.29. The van der Waals surface area contributed by atoms with E-state index in [2.05, 4.69) is 47.4 Å². The Hall–Kier alpha value is 0.1000. The van der Waals surface area contributed by atoms with Crippen molar-refractivity contribution in [3.05, 3.63) is 0 Å². The zero-order valence-electron chi connectivity index (χ0n) is 3.10. The van der Waals surface area contributed by atoms with Crippen LogP contribution in [0.4, 0.5) is 0 Å². The van der Waals surface area contributed by atoms with Crippen molar-refractivity contribution in [1.29, 1.82) is 0 Å². The van der Waals surface area contributed by atoms with E-state index in [9.17, 15) is 0 Å². The predicted molar refractivity (Wildman–Crippen MR) is 34.9 cm³/mol. The van der Waals surface area contributed by atoms with E-state index in [-0.39, 0.29) is 0 Å². The molecule has 0 aliphatic carbocycles. The van der Waals surface area contributed by atoms with E-state index in [0.29, 0.717) is 9.49 Å². The molecule has 0 saturated heterocycles. The Kier molecular flexibility index (Phi) is 1.43. The van der Waals surface area contributed by atoms with Crippen LogP contribution in [-0.4, -0.2) is 9.49 Å². The topological polar surface area (TPSA) is 38.8 Å². The van der Waals surface area contributed by atoms with Crippen molar-refractivity contribution in [2.24, 2.45) is 10.1 Å². The third-order valence-electron chi connectivity index (χ3n) is 0.400. The Morgan fingerprint density at radius 3 is 2.00 bits per heavy atom. The highest BCUT2D eigenvalue weighted by Crippen LogP contribution is 2.01. The summed E-state index contributed by atoms with van der Waals surface area (Å²) in [6.45, 7) is 0. The monoisotopic (exact) mass is 224 g/mol. The third-order valence-corrected chi connectivity index (χ3v) is 1.07. The predicted octanol–water partition coefficient (Wildman–Crippen LogP) is 1.02. The van der Waals surface area contributed by atoms with Crippen molar-refractivity contribution >= 4 is 41.3 Å². The van der Waals surface area contributed by atoms with Gasteiger partial charge in [-0.25, -0.2) is 0 Å². The standard InChI is InChI=1S/C2Br2N3/c3-1-5-2(4)7-6-1. The van der Waals surface area contributed by atoms with Gasteiger partial charge in [0, 0.05) is 0 Å². The van der Waals surface area contributed by atoms with Gasteiger partial charge in [0.1, 0.15) is 0 Å². The van der Waals surface area contributed by atoms with Crippen LogP contribution in [0.1, 0.15) is 0 Å². The highest BCUT2D eigenvalue weighted by atomic mass is 79.9. The van der Waals surface area contributed by atoms with Crippen LogP contribution in [0.3, 0.4) is 0 Å². The number of amidine groups is 2. The van der Waals surface area contributed by atoms with Gasteiger partial charge in [-0.1, -0.05) is 0 Å². The van der Waals surface area contributed by atoms with Gasteiger partial charge in [-0.15, -0.1) is 10.5 Å². The van der Waals surface area contributed by atoms with Crippen LogP contribution in [0.25, 0.3) is 0 Å². The van der Waals surface area contributed by atoms with E-state index in [0.717, 1.165) is 0 Å². The molecule has 0 spiro atoms. The normalized spacial score (nSPS) is 18.0. The van der Waals surface area contributed by atoms with Gasteiger partial charge in [0.2, 0.25) is 9.49 Å². The van der Waals surface area contributed by atoms with Gasteiger partial charge < -0.3 is 0 Å². The molecule has 5 heteroatoms. The lowest BCUT2D eigenvalue weighted by Crippen LogP contribution is -1.92. The Labute approximate surface area is 57.1 Å². The van der Waals surface area contributed by atoms with E-state index in [4.69, 9.17) is 0 Å². The summed E-state index contributed by atoms with van der Waals surface area (Å²) in [5, 5.41) is 3.52. The molecule has 0 amide bonds. The molecule has 1 heterocycles. The molecule has 0 unspecified atom stereocenters. The summed E-state index contributed by atoms with van der Waals surface area (Å²) in [5.74, 6) is 0. The van der Waals surface area contributed by atoms with Crippen molar-refractivity contribution in [2.45, 2.75) is 0 Å². The van der Waals surface area contributed by atoms with Crippen LogP contribution in [0.5, 0.6) is 0 Å². The zero-order chi connectivity index (χ0) is 5.28. The fourth-order valence-corrected chi connectivity index (χ4v) is 0.936. The molecule has 0 aromatic carbocycles. The molecule has 1 radical (unpaired) electrons. The van der Waals surface area contributed by atoms with Gasteiger partial charge in [0.15, 0.2) is 0 Å². The largest absolute Gasteiger partial charge is 0.220 e. The lowest BCUT2D eigenvalue weighted by molar-refractivity contribution is 1.06. The minimum absolute atomic E-state index is 0.513. The van der Waals surface area contributed by atoms with Crippen LogP contribution >= 0.6 is 31.9 Å². The molecule has 1 aliphatic heterocycles. The van der Waals surface area contributed by atoms with E-state index in [1.54, 1.807) is 0 Å². The molecule has 0 fully saturated rings. The van der Waals surface area contributed by atoms with Crippen molar-refractivity contribution in [1.82, 2.24) is 5.43 Å². The lowest BCUT2D eigenvalue weighted by Gasteiger charge is -1.72. The van der Waals surface area contributed by atoms with Gasteiger partial charge in [-0.2, -0.15) is 4.99 Å². The molecule has 0 N–H and O–H groups in total. The number of aliphatic imine (C=N–C) groups is 1. The first-order valence-electron chi connectivity index (χ1n) is 1.47. The number of halogens is 2. The molecule has 7 heavy (non-hydrogen) atoms. The zero-order valence-corrected chi connectivity index (χ0v) is 6.27. The molecule has 37 valence electrons. The summed E-state index contributed by atoms with van der Waals surface area (Å²) in [4.78, 5) is 3.72. The van der Waals surface area contributed by atoms with Crippen molar-refractivity contribution in [3.63, 3.8) is 0 Å². The lowest BCUT2D eigenvalue weighted by atomic mass is 11.3. The highest BCUT2D eigenvalue weighted by molar-refractivity contribution is 9.19. The van der Waals surface area contributed by atoms with E-state index >= 15 is 0 Å². The van der Waals surface area contributed by atoms with Gasteiger partial charge in [-0.05, 0) is 31.9 Å². The van der Waals surface area contributed by atoms with Crippen molar-refractivity contribution in [3.8, 4) is 0 Å². The molecule has 0 aromatic rings. The summed E-state index contributed by atoms with van der Waals surface area (Å²) in [6, 6.07) is 0.